The summed E-state index contributed by atoms with van der Waals surface area (Å²) in [7, 11) is 2.07. The summed E-state index contributed by atoms with van der Waals surface area (Å²) >= 11 is 0. The fourth-order valence-corrected chi connectivity index (χ4v) is 2.85. The molecule has 2 heteroatoms. The number of likely N-dealkylation sites (tertiary alicyclic amines) is 1. The van der Waals surface area contributed by atoms with Gasteiger partial charge in [-0.05, 0) is 55.8 Å². The Morgan fingerprint density at radius 3 is 2.71 bits per heavy atom. The number of hydrogen-bond donors (Lipinski definition) is 1. The minimum absolute atomic E-state index is 0.730. The van der Waals surface area contributed by atoms with Crippen LogP contribution in [0.4, 0.5) is 0 Å². The SMILES string of the molecule is CNC1CCN(CC2=Cc3ccccc32)CC1. The third kappa shape index (κ3) is 2.15. The number of hydrogen-bond acceptors (Lipinski definition) is 2. The molecule has 1 N–H and O–H groups in total. The van der Waals surface area contributed by atoms with Gasteiger partial charge in [0.25, 0.3) is 0 Å². The highest BCUT2D eigenvalue weighted by Crippen LogP contribution is 2.32. The van der Waals surface area contributed by atoms with Crippen LogP contribution >= 0.6 is 0 Å². The van der Waals surface area contributed by atoms with E-state index in [0.29, 0.717) is 0 Å². The molecule has 0 atom stereocenters. The van der Waals surface area contributed by atoms with Gasteiger partial charge in [0.15, 0.2) is 0 Å². The third-order valence-electron chi connectivity index (χ3n) is 4.03. The van der Waals surface area contributed by atoms with Gasteiger partial charge in [-0.15, -0.1) is 0 Å². The molecule has 2 nitrogen and oxygen atoms in total. The van der Waals surface area contributed by atoms with Crippen molar-refractivity contribution >= 4 is 11.6 Å². The highest BCUT2D eigenvalue weighted by atomic mass is 15.1. The van der Waals surface area contributed by atoms with Gasteiger partial charge in [-0.25, -0.2) is 0 Å². The molecule has 0 bridgehead atoms. The van der Waals surface area contributed by atoms with Gasteiger partial charge in [-0.1, -0.05) is 24.3 Å². The second kappa shape index (κ2) is 4.63. The van der Waals surface area contributed by atoms with E-state index in [-0.39, 0.29) is 0 Å². The number of nitrogens with one attached hydrogen (secondary N) is 1. The number of rotatable bonds is 3. The summed E-state index contributed by atoms with van der Waals surface area (Å²) in [6.45, 7) is 3.59. The van der Waals surface area contributed by atoms with E-state index in [1.165, 1.54) is 42.6 Å². The Morgan fingerprint density at radius 2 is 2.00 bits per heavy atom. The van der Waals surface area contributed by atoms with Crippen LogP contribution in [0.1, 0.15) is 24.0 Å². The van der Waals surface area contributed by atoms with E-state index in [4.69, 9.17) is 0 Å². The molecule has 0 amide bonds. The van der Waals surface area contributed by atoms with Gasteiger partial charge < -0.3 is 5.32 Å². The van der Waals surface area contributed by atoms with Crippen LogP contribution in [0.5, 0.6) is 0 Å². The Kier molecular flexibility index (Phi) is 3.00. The zero-order valence-electron chi connectivity index (χ0n) is 10.4. The van der Waals surface area contributed by atoms with E-state index in [1.54, 1.807) is 0 Å². The largest absolute Gasteiger partial charge is 0.317 e. The van der Waals surface area contributed by atoms with E-state index in [1.807, 2.05) is 0 Å². The molecule has 1 fully saturated rings. The smallest absolute Gasteiger partial charge is 0.0240 e. The predicted octanol–water partition coefficient (Wildman–Crippen LogP) is 2.22. The summed E-state index contributed by atoms with van der Waals surface area (Å²) in [6.07, 6.45) is 4.90. The molecule has 1 aromatic carbocycles. The Bertz CT molecular complexity index is 428. The number of fused-ring (bicyclic) bond motifs is 1. The molecule has 3 rings (SSSR count). The van der Waals surface area contributed by atoms with E-state index < -0.39 is 0 Å². The Labute approximate surface area is 103 Å². The molecule has 0 aromatic heterocycles. The van der Waals surface area contributed by atoms with Crippen molar-refractivity contribution < 1.29 is 0 Å². The zero-order chi connectivity index (χ0) is 11.7. The maximum atomic E-state index is 3.38. The third-order valence-corrected chi connectivity index (χ3v) is 4.03. The van der Waals surface area contributed by atoms with Crippen LogP contribution in [0, 0.1) is 0 Å². The molecular formula is C15H20N2. The van der Waals surface area contributed by atoms with E-state index in [2.05, 4.69) is 47.6 Å². The topological polar surface area (TPSA) is 15.3 Å². The fourth-order valence-electron chi connectivity index (χ4n) is 2.85. The lowest BCUT2D eigenvalue weighted by atomic mass is 9.88. The first-order valence-electron chi connectivity index (χ1n) is 6.56. The van der Waals surface area contributed by atoms with Crippen molar-refractivity contribution in [1.82, 2.24) is 10.2 Å². The second-order valence-electron chi connectivity index (χ2n) is 5.10. The standard InChI is InChI=1S/C15H20N2/c1-16-14-6-8-17(9-7-14)11-13-10-12-4-2-3-5-15(12)13/h2-5,10,14,16H,6-9,11H2,1H3. The van der Waals surface area contributed by atoms with Crippen molar-refractivity contribution in [3.8, 4) is 0 Å². The number of nitrogens with zero attached hydrogens (tertiary/aromatic N) is 1. The van der Waals surface area contributed by atoms with E-state index in [9.17, 15) is 0 Å². The van der Waals surface area contributed by atoms with Crippen LogP contribution in [0.15, 0.2) is 24.3 Å². The zero-order valence-corrected chi connectivity index (χ0v) is 10.4. The van der Waals surface area contributed by atoms with E-state index in [0.717, 1.165) is 12.6 Å². The van der Waals surface area contributed by atoms with Crippen molar-refractivity contribution in [2.45, 2.75) is 18.9 Å². The first kappa shape index (κ1) is 11.0. The molecule has 0 radical (unpaired) electrons. The van der Waals surface area contributed by atoms with Crippen LogP contribution in [-0.4, -0.2) is 37.6 Å². The first-order chi connectivity index (χ1) is 8.36. The molecule has 0 unspecified atom stereocenters. The summed E-state index contributed by atoms with van der Waals surface area (Å²) in [5.74, 6) is 0. The van der Waals surface area contributed by atoms with E-state index >= 15 is 0 Å². The van der Waals surface area contributed by atoms with Gasteiger partial charge in [0, 0.05) is 12.6 Å². The number of benzene rings is 1. The van der Waals surface area contributed by atoms with Gasteiger partial charge in [0.05, 0.1) is 0 Å². The molecule has 1 aliphatic carbocycles. The van der Waals surface area contributed by atoms with Crippen molar-refractivity contribution in [1.29, 1.82) is 0 Å². The molecule has 2 aliphatic rings. The van der Waals surface area contributed by atoms with Gasteiger partial charge >= 0.3 is 0 Å². The Morgan fingerprint density at radius 1 is 1.24 bits per heavy atom. The molecule has 0 saturated carbocycles. The highest BCUT2D eigenvalue weighted by Gasteiger charge is 2.21. The maximum absolute atomic E-state index is 3.38. The fraction of sp³-hybridized carbons (Fsp3) is 0.467. The lowest BCUT2D eigenvalue weighted by molar-refractivity contribution is 0.223. The van der Waals surface area contributed by atoms with Crippen molar-refractivity contribution in [2.75, 3.05) is 26.7 Å². The summed E-state index contributed by atoms with van der Waals surface area (Å²) < 4.78 is 0. The summed E-state index contributed by atoms with van der Waals surface area (Å²) in [4.78, 5) is 2.58. The summed E-state index contributed by atoms with van der Waals surface area (Å²) in [6, 6.07) is 9.43. The van der Waals surface area contributed by atoms with Gasteiger partial charge in [-0.2, -0.15) is 0 Å². The average Bonchev–Trinajstić information content (AvgIpc) is 2.37. The molecule has 17 heavy (non-hydrogen) atoms. The van der Waals surface area contributed by atoms with Crippen LogP contribution in [-0.2, 0) is 0 Å². The molecule has 90 valence electrons. The van der Waals surface area contributed by atoms with Gasteiger partial charge in [0.2, 0.25) is 0 Å². The molecule has 0 spiro atoms. The lowest BCUT2D eigenvalue weighted by Crippen LogP contribution is -2.41. The second-order valence-corrected chi connectivity index (χ2v) is 5.10. The molecular weight excluding hydrogens is 208 g/mol. The quantitative estimate of drug-likeness (QED) is 0.853. The van der Waals surface area contributed by atoms with Gasteiger partial charge in [0.1, 0.15) is 0 Å². The monoisotopic (exact) mass is 228 g/mol. The minimum Gasteiger partial charge on any atom is -0.317 e. The minimum atomic E-state index is 0.730. The Balaban J connectivity index is 1.57. The molecule has 1 aliphatic heterocycles. The Hall–Kier alpha value is -1.12. The van der Waals surface area contributed by atoms with Crippen LogP contribution in [0.25, 0.3) is 11.6 Å². The average molecular weight is 228 g/mol. The van der Waals surface area contributed by atoms with Gasteiger partial charge in [-0.3, -0.25) is 4.90 Å². The lowest BCUT2D eigenvalue weighted by Gasteiger charge is -2.34. The molecule has 1 saturated heterocycles. The summed E-state index contributed by atoms with van der Waals surface area (Å²) in [5.41, 5.74) is 4.39. The van der Waals surface area contributed by atoms with Crippen LogP contribution in [0.3, 0.4) is 0 Å². The van der Waals surface area contributed by atoms with Crippen molar-refractivity contribution in [2.24, 2.45) is 0 Å². The van der Waals surface area contributed by atoms with Crippen LogP contribution in [0.2, 0.25) is 0 Å². The van der Waals surface area contributed by atoms with Crippen molar-refractivity contribution in [3.05, 3.63) is 35.4 Å². The predicted molar refractivity (Wildman–Crippen MR) is 72.8 cm³/mol. The molecule has 1 heterocycles. The van der Waals surface area contributed by atoms with Crippen LogP contribution < -0.4 is 5.32 Å². The molecule has 1 aromatic rings. The first-order valence-corrected chi connectivity index (χ1v) is 6.56. The summed E-state index contributed by atoms with van der Waals surface area (Å²) in [5, 5.41) is 3.38. The normalized spacial score (nSPS) is 20.6. The maximum Gasteiger partial charge on any atom is 0.0240 e. The number of piperidine rings is 1. The van der Waals surface area contributed by atoms with Crippen molar-refractivity contribution in [3.63, 3.8) is 0 Å². The highest BCUT2D eigenvalue weighted by molar-refractivity contribution is 5.96.